The van der Waals surface area contributed by atoms with Crippen LogP contribution < -0.4 is 16.6 Å². The van der Waals surface area contributed by atoms with Gasteiger partial charge < -0.3 is 10.2 Å². The van der Waals surface area contributed by atoms with Crippen molar-refractivity contribution in [1.82, 2.24) is 19.4 Å². The van der Waals surface area contributed by atoms with Gasteiger partial charge in [0.2, 0.25) is 11.8 Å². The van der Waals surface area contributed by atoms with Crippen LogP contribution in [0.25, 0.3) is 0 Å². The summed E-state index contributed by atoms with van der Waals surface area (Å²) in [6.07, 6.45) is 1.49. The summed E-state index contributed by atoms with van der Waals surface area (Å²) in [4.78, 5) is 51.7. The van der Waals surface area contributed by atoms with Gasteiger partial charge in [0.25, 0.3) is 5.56 Å². The van der Waals surface area contributed by atoms with Crippen LogP contribution in [-0.4, -0.2) is 44.6 Å². The van der Waals surface area contributed by atoms with Crippen molar-refractivity contribution < 1.29 is 18.4 Å². The zero-order valence-electron chi connectivity index (χ0n) is 20.8. The molecule has 1 saturated carbocycles. The van der Waals surface area contributed by atoms with E-state index in [0.29, 0.717) is 16.7 Å². The second-order valence-corrected chi connectivity index (χ2v) is 9.93. The molecule has 1 N–H and O–H groups in total. The molecule has 8 nitrogen and oxygen atoms in total. The number of likely N-dealkylation sites (tertiary alicyclic amines) is 1. The van der Waals surface area contributed by atoms with Gasteiger partial charge in [-0.1, -0.05) is 42.5 Å². The summed E-state index contributed by atoms with van der Waals surface area (Å²) in [6.45, 7) is -0.739. The average molecular weight is 523 g/mol. The number of rotatable bonds is 7. The zero-order chi connectivity index (χ0) is 27.0. The number of benzene rings is 2. The minimum absolute atomic E-state index is 0.198. The predicted molar refractivity (Wildman–Crippen MR) is 136 cm³/mol. The summed E-state index contributed by atoms with van der Waals surface area (Å²) in [6, 6.07) is 13.3. The lowest BCUT2D eigenvalue weighted by Crippen LogP contribution is -2.49. The topological polar surface area (TPSA) is 93.4 Å². The Bertz CT molecular complexity index is 1480. The van der Waals surface area contributed by atoms with Crippen LogP contribution in [0.4, 0.5) is 8.78 Å². The average Bonchev–Trinajstić information content (AvgIpc) is 3.67. The Morgan fingerprint density at radius 1 is 1.05 bits per heavy atom. The molecule has 1 saturated heterocycles. The molecule has 0 radical (unpaired) electrons. The van der Waals surface area contributed by atoms with Crippen LogP contribution in [0.2, 0.25) is 0 Å². The Balaban J connectivity index is 1.39. The fourth-order valence-corrected chi connectivity index (χ4v) is 4.97. The lowest BCUT2D eigenvalue weighted by molar-refractivity contribution is -0.139. The van der Waals surface area contributed by atoms with Gasteiger partial charge in [-0.05, 0) is 41.5 Å². The maximum atomic E-state index is 14.9. The van der Waals surface area contributed by atoms with E-state index in [0.717, 1.165) is 32.9 Å². The highest BCUT2D eigenvalue weighted by atomic mass is 19.1. The largest absolute Gasteiger partial charge is 0.343 e. The second-order valence-electron chi connectivity index (χ2n) is 9.93. The Morgan fingerprint density at radius 3 is 2.47 bits per heavy atom. The number of carbonyl (C=O) groups excluding carboxylic acids is 2. The highest BCUT2D eigenvalue weighted by molar-refractivity contribution is 5.89. The third kappa shape index (κ3) is 5.16. The molecule has 0 bridgehead atoms. The minimum atomic E-state index is -1.42. The maximum absolute atomic E-state index is 14.9. The number of hydrogen-bond donors (Lipinski definition) is 1. The SMILES string of the molecule is Cn1c(=O)ccn(CC(=O)N2C[C@H](F)C[C@H]2C(=O)N[C@@H](c2ccccc2)c2ccc(C3CC3)c(F)c2)c1=O. The molecule has 2 aromatic carbocycles. The van der Waals surface area contributed by atoms with Crippen molar-refractivity contribution in [2.75, 3.05) is 6.54 Å². The number of nitrogens with one attached hydrogen (secondary N) is 1. The van der Waals surface area contributed by atoms with Crippen LogP contribution >= 0.6 is 0 Å². The smallest absolute Gasteiger partial charge is 0.331 e. The molecule has 3 atom stereocenters. The van der Waals surface area contributed by atoms with E-state index < -0.39 is 47.9 Å². The number of halogens is 2. The van der Waals surface area contributed by atoms with E-state index in [-0.39, 0.29) is 24.7 Å². The van der Waals surface area contributed by atoms with Crippen LogP contribution in [0.3, 0.4) is 0 Å². The Hall–Kier alpha value is -4.08. The fourth-order valence-electron chi connectivity index (χ4n) is 4.97. The number of nitrogens with zero attached hydrogens (tertiary/aromatic N) is 3. The van der Waals surface area contributed by atoms with Crippen molar-refractivity contribution in [2.45, 2.75) is 50.0 Å². The van der Waals surface area contributed by atoms with E-state index in [4.69, 9.17) is 0 Å². The van der Waals surface area contributed by atoms with Crippen molar-refractivity contribution >= 4 is 11.8 Å². The van der Waals surface area contributed by atoms with Crippen LogP contribution in [0.1, 0.15) is 47.9 Å². The normalized spacial score (nSPS) is 19.8. The van der Waals surface area contributed by atoms with Crippen molar-refractivity contribution in [3.05, 3.63) is 104 Å². The molecule has 198 valence electrons. The first-order valence-corrected chi connectivity index (χ1v) is 12.6. The molecule has 2 fully saturated rings. The van der Waals surface area contributed by atoms with E-state index in [2.05, 4.69) is 5.32 Å². The van der Waals surface area contributed by atoms with Gasteiger partial charge in [-0.15, -0.1) is 0 Å². The summed E-state index contributed by atoms with van der Waals surface area (Å²) in [5.41, 5.74) is 0.700. The lowest BCUT2D eigenvalue weighted by atomic mass is 9.96. The third-order valence-electron chi connectivity index (χ3n) is 7.23. The first kappa shape index (κ1) is 25.6. The minimum Gasteiger partial charge on any atom is -0.343 e. The van der Waals surface area contributed by atoms with Crippen LogP contribution in [0.15, 0.2) is 70.4 Å². The van der Waals surface area contributed by atoms with Gasteiger partial charge in [-0.25, -0.2) is 13.6 Å². The van der Waals surface area contributed by atoms with Crippen LogP contribution in [0.5, 0.6) is 0 Å². The Labute approximate surface area is 217 Å². The summed E-state index contributed by atoms with van der Waals surface area (Å²) in [5.74, 6) is -1.30. The van der Waals surface area contributed by atoms with Gasteiger partial charge in [0.05, 0.1) is 12.6 Å². The second kappa shape index (κ2) is 10.4. The first-order chi connectivity index (χ1) is 18.2. The summed E-state index contributed by atoms with van der Waals surface area (Å²) in [5, 5.41) is 2.90. The van der Waals surface area contributed by atoms with E-state index in [1.807, 2.05) is 6.07 Å². The molecule has 1 aliphatic carbocycles. The van der Waals surface area contributed by atoms with Gasteiger partial charge in [0.15, 0.2) is 0 Å². The molecule has 10 heteroatoms. The van der Waals surface area contributed by atoms with E-state index in [1.54, 1.807) is 36.4 Å². The molecule has 3 aromatic rings. The molecule has 2 amide bonds. The number of hydrogen-bond acceptors (Lipinski definition) is 4. The van der Waals surface area contributed by atoms with Crippen LogP contribution in [0, 0.1) is 5.82 Å². The molecule has 1 aromatic heterocycles. The third-order valence-corrected chi connectivity index (χ3v) is 7.23. The number of alkyl halides is 1. The van der Waals surface area contributed by atoms with Gasteiger partial charge in [0, 0.05) is 25.7 Å². The summed E-state index contributed by atoms with van der Waals surface area (Å²) < 4.78 is 31.3. The molecule has 38 heavy (non-hydrogen) atoms. The van der Waals surface area contributed by atoms with E-state index in [9.17, 15) is 28.0 Å². The van der Waals surface area contributed by atoms with Crippen LogP contribution in [-0.2, 0) is 23.2 Å². The number of aromatic nitrogens is 2. The monoisotopic (exact) mass is 522 g/mol. The first-order valence-electron chi connectivity index (χ1n) is 12.6. The van der Waals surface area contributed by atoms with Gasteiger partial charge in [0.1, 0.15) is 24.6 Å². The van der Waals surface area contributed by atoms with Gasteiger partial charge in [-0.3, -0.25) is 23.5 Å². The van der Waals surface area contributed by atoms with Crippen molar-refractivity contribution in [1.29, 1.82) is 0 Å². The Kier molecular flexibility index (Phi) is 6.96. The molecule has 0 unspecified atom stereocenters. The molecular weight excluding hydrogens is 494 g/mol. The van der Waals surface area contributed by atoms with E-state index >= 15 is 0 Å². The van der Waals surface area contributed by atoms with Crippen molar-refractivity contribution in [3.63, 3.8) is 0 Å². The predicted octanol–water partition coefficient (Wildman–Crippen LogP) is 2.41. The maximum Gasteiger partial charge on any atom is 0.331 e. The van der Waals surface area contributed by atoms with Gasteiger partial charge >= 0.3 is 5.69 Å². The molecule has 2 heterocycles. The quantitative estimate of drug-likeness (QED) is 0.516. The summed E-state index contributed by atoms with van der Waals surface area (Å²) in [7, 11) is 1.29. The molecular formula is C28H28F2N4O4. The van der Waals surface area contributed by atoms with E-state index in [1.165, 1.54) is 19.3 Å². The zero-order valence-corrected chi connectivity index (χ0v) is 20.8. The fraction of sp³-hybridized carbons (Fsp3) is 0.357. The summed E-state index contributed by atoms with van der Waals surface area (Å²) >= 11 is 0. The standard InChI is InChI=1S/C28H28F2N4O4/c1-32-24(35)11-12-33(28(32)38)16-25(36)34-15-20(29)14-23(34)27(37)31-26(18-5-3-2-4-6-18)19-9-10-21(17-7-8-17)22(30)13-19/h2-6,9-13,17,20,23,26H,7-8,14-16H2,1H3,(H,31,37)/t20-,23+,26+/m1/s1. The highest BCUT2D eigenvalue weighted by Crippen LogP contribution is 2.42. The number of carbonyl (C=O) groups is 2. The molecule has 5 rings (SSSR count). The molecule has 1 aliphatic heterocycles. The number of amides is 2. The molecule has 2 aliphatic rings. The van der Waals surface area contributed by atoms with Crippen molar-refractivity contribution in [2.24, 2.45) is 7.05 Å². The van der Waals surface area contributed by atoms with Gasteiger partial charge in [-0.2, -0.15) is 0 Å². The Morgan fingerprint density at radius 2 is 1.79 bits per heavy atom. The highest BCUT2D eigenvalue weighted by Gasteiger charge is 2.40. The lowest BCUT2D eigenvalue weighted by Gasteiger charge is -2.27. The van der Waals surface area contributed by atoms with Crippen molar-refractivity contribution in [3.8, 4) is 0 Å². The molecule has 0 spiro atoms.